The molecule has 1 unspecified atom stereocenters. The number of rotatable bonds is 18. The fourth-order valence-corrected chi connectivity index (χ4v) is 7.24. The van der Waals surface area contributed by atoms with Crippen molar-refractivity contribution in [3.8, 4) is 5.75 Å². The normalized spacial score (nSPS) is 21.7. The number of nitrogens with one attached hydrogen (secondary N) is 1. The molecule has 2 aromatic heterocycles. The van der Waals surface area contributed by atoms with Gasteiger partial charge in [-0.2, -0.15) is 10.2 Å². The topological polar surface area (TPSA) is 213 Å². The average molecular weight is 789 g/mol. The van der Waals surface area contributed by atoms with Crippen molar-refractivity contribution in [2.75, 3.05) is 32.6 Å². The maximum absolute atomic E-state index is 14.7. The number of anilines is 1. The number of fused-ring (bicyclic) bond motifs is 1. The van der Waals surface area contributed by atoms with Crippen LogP contribution >= 0.6 is 7.75 Å². The molecular weight excluding hydrogens is 735 g/mol. The number of nitrogen functional groups attached to an aromatic ring is 1. The van der Waals surface area contributed by atoms with E-state index in [0.717, 1.165) is 5.56 Å². The van der Waals surface area contributed by atoms with Crippen LogP contribution in [0.3, 0.4) is 0 Å². The Bertz CT molecular complexity index is 1880. The fourth-order valence-electron chi connectivity index (χ4n) is 5.74. The van der Waals surface area contributed by atoms with Gasteiger partial charge in [0.25, 0.3) is 0 Å². The van der Waals surface area contributed by atoms with E-state index in [0.29, 0.717) is 11.2 Å². The molecule has 3 aromatic rings. The molecule has 6 atom stereocenters. The molecule has 1 aliphatic heterocycles. The molecule has 1 fully saturated rings. The monoisotopic (exact) mass is 788 g/mol. The molecule has 1 aliphatic rings. The van der Waals surface area contributed by atoms with Crippen LogP contribution in [-0.2, 0) is 58.2 Å². The van der Waals surface area contributed by atoms with Crippen molar-refractivity contribution < 1.29 is 51.7 Å². The van der Waals surface area contributed by atoms with E-state index in [9.17, 15) is 18.9 Å². The maximum atomic E-state index is 14.7. The Morgan fingerprint density at radius 2 is 1.73 bits per heavy atom. The second kappa shape index (κ2) is 17.6. The van der Waals surface area contributed by atoms with Gasteiger partial charge in [-0.3, -0.25) is 23.9 Å². The van der Waals surface area contributed by atoms with Crippen LogP contribution in [0.1, 0.15) is 79.5 Å². The van der Waals surface area contributed by atoms with E-state index in [2.05, 4.69) is 26.9 Å². The van der Waals surface area contributed by atoms with Crippen LogP contribution < -0.4 is 15.3 Å². The Balaban J connectivity index is 1.76. The molecule has 302 valence electrons. The number of ether oxygens (including phenoxy) is 5. The molecule has 3 heterocycles. The lowest BCUT2D eigenvalue weighted by Gasteiger charge is -2.33. The Morgan fingerprint density at radius 3 is 2.33 bits per heavy atom. The highest BCUT2D eigenvalue weighted by molar-refractivity contribution is 7.52. The zero-order valence-corrected chi connectivity index (χ0v) is 33.8. The molecule has 55 heavy (non-hydrogen) atoms. The molecule has 1 aromatic carbocycles. The van der Waals surface area contributed by atoms with Gasteiger partial charge in [-0.1, -0.05) is 46.8 Å². The summed E-state index contributed by atoms with van der Waals surface area (Å²) in [6.07, 6.45) is -2.73. The van der Waals surface area contributed by atoms with E-state index in [1.165, 1.54) is 24.9 Å². The van der Waals surface area contributed by atoms with Gasteiger partial charge in [0.15, 0.2) is 23.6 Å². The van der Waals surface area contributed by atoms with Gasteiger partial charge in [0.2, 0.25) is 0 Å². The van der Waals surface area contributed by atoms with E-state index in [4.69, 9.17) is 38.5 Å². The van der Waals surface area contributed by atoms with E-state index < -0.39 is 67.8 Å². The SMILES string of the molecule is C=NC[C@@]1(c2ccc3c(N)ncnn23)O[C@H](COP(=O)(N[C@@H](C)C(=O)OCC(C)(C)OC)Oc2ccc(C(C)(C)C)cc2)[C@@H](OC(=O)CC)[C@H]1OC(=O)CC. The van der Waals surface area contributed by atoms with Gasteiger partial charge in [0.1, 0.15) is 36.3 Å². The minimum absolute atomic E-state index is 0.0236. The van der Waals surface area contributed by atoms with Crippen LogP contribution in [0.25, 0.3) is 5.52 Å². The molecule has 0 aliphatic carbocycles. The number of hydrogen-bond donors (Lipinski definition) is 2. The van der Waals surface area contributed by atoms with Crippen molar-refractivity contribution in [2.45, 2.75) is 109 Å². The summed E-state index contributed by atoms with van der Waals surface area (Å²) in [5.74, 6) is -1.69. The van der Waals surface area contributed by atoms with Crippen molar-refractivity contribution >= 4 is 43.7 Å². The van der Waals surface area contributed by atoms with Crippen LogP contribution in [-0.4, -0.2) is 96.0 Å². The zero-order valence-electron chi connectivity index (χ0n) is 32.9. The Labute approximate surface area is 321 Å². The smallest absolute Gasteiger partial charge is 0.459 e. The maximum Gasteiger partial charge on any atom is 0.459 e. The summed E-state index contributed by atoms with van der Waals surface area (Å²) in [4.78, 5) is 47.2. The van der Waals surface area contributed by atoms with Crippen molar-refractivity contribution in [3.63, 3.8) is 0 Å². The van der Waals surface area contributed by atoms with Crippen LogP contribution in [0, 0.1) is 0 Å². The molecular formula is C37H53N6O11P. The first-order valence-corrected chi connectivity index (χ1v) is 19.5. The molecule has 0 amide bonds. The molecule has 0 saturated carbocycles. The number of aromatic nitrogens is 3. The largest absolute Gasteiger partial charge is 0.461 e. The number of hydrogen-bond acceptors (Lipinski definition) is 15. The standard InChI is InChI=1S/C37H53N6O11P/c1-11-29(44)51-31-27(53-37(20-39-9,32(31)52-30(45)12-2)28-18-17-26-33(38)40-22-41-43(26)28)19-50-55(47,42-23(3)34(46)49-21-36(7,8)48-10)54-25-15-13-24(14-16-25)35(4,5)6/h13-18,22-23,27,31-32H,9,11-12,19-21H2,1-8,10H3,(H,42,47)(H2,38,40,41)/t23-,27+,31+,32+,37-,55?/m0/s1. The molecule has 0 spiro atoms. The number of esters is 3. The van der Waals surface area contributed by atoms with Crippen molar-refractivity contribution in [2.24, 2.45) is 4.99 Å². The molecule has 0 bridgehead atoms. The summed E-state index contributed by atoms with van der Waals surface area (Å²) >= 11 is 0. The first kappa shape index (κ1) is 43.3. The molecule has 3 N–H and O–H groups in total. The highest BCUT2D eigenvalue weighted by atomic mass is 31.2. The lowest BCUT2D eigenvalue weighted by atomic mass is 9.87. The summed E-state index contributed by atoms with van der Waals surface area (Å²) in [5.41, 5.74) is 5.24. The number of benzene rings is 1. The summed E-state index contributed by atoms with van der Waals surface area (Å²) < 4.78 is 57.6. The summed E-state index contributed by atoms with van der Waals surface area (Å²) in [5, 5.41) is 7.02. The second-order valence-corrected chi connectivity index (χ2v) is 16.4. The molecule has 0 radical (unpaired) electrons. The van der Waals surface area contributed by atoms with Gasteiger partial charge < -0.3 is 33.9 Å². The molecule has 18 heteroatoms. The minimum atomic E-state index is -4.50. The van der Waals surface area contributed by atoms with E-state index in [1.54, 1.807) is 52.0 Å². The molecule has 17 nitrogen and oxygen atoms in total. The Hall–Kier alpha value is -4.41. The predicted molar refractivity (Wildman–Crippen MR) is 203 cm³/mol. The highest BCUT2D eigenvalue weighted by Gasteiger charge is 2.62. The van der Waals surface area contributed by atoms with Gasteiger partial charge >= 0.3 is 25.7 Å². The minimum Gasteiger partial charge on any atom is -0.461 e. The number of carbonyl (C=O) groups is 3. The van der Waals surface area contributed by atoms with Gasteiger partial charge in [0, 0.05) is 20.0 Å². The van der Waals surface area contributed by atoms with Crippen molar-refractivity contribution in [1.82, 2.24) is 19.7 Å². The van der Waals surface area contributed by atoms with Crippen LogP contribution in [0.4, 0.5) is 5.82 Å². The summed E-state index contributed by atoms with van der Waals surface area (Å²) in [6.45, 7) is 17.1. The van der Waals surface area contributed by atoms with Crippen molar-refractivity contribution in [3.05, 3.63) is 54.0 Å². The third kappa shape index (κ3) is 10.3. The summed E-state index contributed by atoms with van der Waals surface area (Å²) in [7, 11) is -3.01. The number of nitrogens with zero attached hydrogens (tertiary/aromatic N) is 4. The first-order chi connectivity index (χ1) is 25.8. The van der Waals surface area contributed by atoms with Crippen LogP contribution in [0.2, 0.25) is 0 Å². The second-order valence-electron chi connectivity index (χ2n) is 14.7. The average Bonchev–Trinajstić information content (AvgIpc) is 3.70. The van der Waals surface area contributed by atoms with Gasteiger partial charge in [0.05, 0.1) is 24.4 Å². The molecule has 4 rings (SSSR count). The van der Waals surface area contributed by atoms with E-state index in [-0.39, 0.29) is 43.0 Å². The Morgan fingerprint density at radius 1 is 1.07 bits per heavy atom. The van der Waals surface area contributed by atoms with E-state index >= 15 is 0 Å². The molecule has 1 saturated heterocycles. The van der Waals surface area contributed by atoms with Crippen LogP contribution in [0.5, 0.6) is 5.75 Å². The third-order valence-electron chi connectivity index (χ3n) is 9.03. The number of nitrogens with two attached hydrogens (primary N) is 1. The quantitative estimate of drug-likeness (QED) is 0.0774. The highest BCUT2D eigenvalue weighted by Crippen LogP contribution is 2.49. The first-order valence-electron chi connectivity index (χ1n) is 17.9. The number of methoxy groups -OCH3 is 1. The predicted octanol–water partition coefficient (Wildman–Crippen LogP) is 4.70. The van der Waals surface area contributed by atoms with Crippen molar-refractivity contribution in [1.29, 1.82) is 0 Å². The van der Waals surface area contributed by atoms with Crippen LogP contribution in [0.15, 0.2) is 47.7 Å². The lowest BCUT2D eigenvalue weighted by molar-refractivity contribution is -0.171. The number of carbonyl (C=O) groups excluding carboxylic acids is 3. The fraction of sp³-hybridized carbons (Fsp3) is 0.568. The third-order valence-corrected chi connectivity index (χ3v) is 10.7. The Kier molecular flexibility index (Phi) is 13.9. The number of aliphatic imine (C=N–C) groups is 1. The lowest BCUT2D eigenvalue weighted by Crippen LogP contribution is -2.48. The van der Waals surface area contributed by atoms with Gasteiger partial charge in [-0.15, -0.1) is 0 Å². The van der Waals surface area contributed by atoms with Gasteiger partial charge in [-0.25, -0.2) is 14.1 Å². The van der Waals surface area contributed by atoms with E-state index in [1.807, 2.05) is 32.9 Å². The summed E-state index contributed by atoms with van der Waals surface area (Å²) in [6, 6.07) is 9.01. The van der Waals surface area contributed by atoms with Gasteiger partial charge in [-0.05, 0) is 62.7 Å². The zero-order chi connectivity index (χ0) is 40.8.